The smallest absolute Gasteiger partial charge is 0.306 e. The van der Waals surface area contributed by atoms with Gasteiger partial charge in [0.15, 0.2) is 6.10 Å². The Hall–Kier alpha value is -2.11. The summed E-state index contributed by atoms with van der Waals surface area (Å²) in [4.78, 5) is 38.1. The van der Waals surface area contributed by atoms with Crippen molar-refractivity contribution in [2.45, 2.75) is 335 Å². The molecular weight excluding hydrogens is 829 g/mol. The minimum Gasteiger partial charge on any atom is -0.462 e. The van der Waals surface area contributed by atoms with Gasteiger partial charge in [0.25, 0.3) is 0 Å². The Labute approximate surface area is 417 Å². The molecule has 0 amide bonds. The first-order valence-corrected chi connectivity index (χ1v) is 29.8. The van der Waals surface area contributed by atoms with Crippen LogP contribution in [0.15, 0.2) is 24.3 Å². The predicted molar refractivity (Wildman–Crippen MR) is 289 cm³/mol. The van der Waals surface area contributed by atoms with Gasteiger partial charge >= 0.3 is 17.9 Å². The topological polar surface area (TPSA) is 78.9 Å². The van der Waals surface area contributed by atoms with E-state index in [1.807, 2.05) is 0 Å². The normalized spacial score (nSPS) is 12.1. The molecule has 0 aromatic rings. The first-order valence-electron chi connectivity index (χ1n) is 29.8. The van der Waals surface area contributed by atoms with Gasteiger partial charge in [-0.15, -0.1) is 0 Å². The van der Waals surface area contributed by atoms with Crippen LogP contribution in [0.1, 0.15) is 329 Å². The fourth-order valence-corrected chi connectivity index (χ4v) is 8.89. The van der Waals surface area contributed by atoms with Crippen LogP contribution >= 0.6 is 0 Å². The van der Waals surface area contributed by atoms with Crippen molar-refractivity contribution in [3.05, 3.63) is 24.3 Å². The second-order valence-corrected chi connectivity index (χ2v) is 20.3. The molecule has 0 N–H and O–H groups in total. The van der Waals surface area contributed by atoms with E-state index in [0.29, 0.717) is 19.3 Å². The Morgan fingerprint density at radius 3 is 0.791 bits per heavy atom. The first kappa shape index (κ1) is 64.9. The number of carbonyl (C=O) groups excluding carboxylic acids is 3. The maximum atomic E-state index is 12.8. The van der Waals surface area contributed by atoms with Gasteiger partial charge in [0.05, 0.1) is 0 Å². The van der Waals surface area contributed by atoms with E-state index in [2.05, 4.69) is 45.1 Å². The number of esters is 3. The van der Waals surface area contributed by atoms with E-state index >= 15 is 0 Å². The molecule has 0 aliphatic rings. The SMILES string of the molecule is CCCC/C=C\CCCCCCCC(=O)OCC(COC(=O)CCCCCCCCCCCCCCCCCCCCCCCCCC)OC(=O)CCCCCCC/C=C\CCCCCCC. The van der Waals surface area contributed by atoms with Crippen LogP contribution in [0.25, 0.3) is 0 Å². The number of rotatable bonds is 55. The Balaban J connectivity index is 4.19. The minimum absolute atomic E-state index is 0.0730. The molecule has 0 aromatic heterocycles. The van der Waals surface area contributed by atoms with Gasteiger partial charge < -0.3 is 14.2 Å². The molecule has 394 valence electrons. The zero-order valence-corrected chi connectivity index (χ0v) is 45.2. The van der Waals surface area contributed by atoms with E-state index in [9.17, 15) is 14.4 Å². The summed E-state index contributed by atoms with van der Waals surface area (Å²) in [6.45, 7) is 6.63. The predicted octanol–water partition coefficient (Wildman–Crippen LogP) is 19.9. The van der Waals surface area contributed by atoms with Gasteiger partial charge in [0.2, 0.25) is 0 Å². The number of carbonyl (C=O) groups is 3. The number of hydrogen-bond donors (Lipinski definition) is 0. The lowest BCUT2D eigenvalue weighted by Gasteiger charge is -2.18. The van der Waals surface area contributed by atoms with E-state index in [1.54, 1.807) is 0 Å². The summed E-state index contributed by atoms with van der Waals surface area (Å²) >= 11 is 0. The Bertz CT molecular complexity index is 1080. The Morgan fingerprint density at radius 1 is 0.284 bits per heavy atom. The van der Waals surface area contributed by atoms with Crippen LogP contribution in [-0.4, -0.2) is 37.2 Å². The van der Waals surface area contributed by atoms with Crippen molar-refractivity contribution in [3.8, 4) is 0 Å². The highest BCUT2D eigenvalue weighted by molar-refractivity contribution is 5.71. The number of ether oxygens (including phenoxy) is 3. The molecule has 0 rings (SSSR count). The fourth-order valence-electron chi connectivity index (χ4n) is 8.89. The highest BCUT2D eigenvalue weighted by Crippen LogP contribution is 2.17. The Kier molecular flexibility index (Phi) is 54.7. The largest absolute Gasteiger partial charge is 0.462 e. The molecule has 1 atom stereocenters. The molecule has 67 heavy (non-hydrogen) atoms. The van der Waals surface area contributed by atoms with Crippen molar-refractivity contribution in [1.29, 1.82) is 0 Å². The summed E-state index contributed by atoms with van der Waals surface area (Å²) in [6, 6.07) is 0. The maximum Gasteiger partial charge on any atom is 0.306 e. The molecule has 0 radical (unpaired) electrons. The molecule has 0 aliphatic heterocycles. The third-order valence-electron chi connectivity index (χ3n) is 13.4. The van der Waals surface area contributed by atoms with E-state index in [-0.39, 0.29) is 31.1 Å². The molecule has 1 unspecified atom stereocenters. The van der Waals surface area contributed by atoms with E-state index in [4.69, 9.17) is 14.2 Å². The first-order chi connectivity index (χ1) is 33.0. The van der Waals surface area contributed by atoms with Gasteiger partial charge in [0.1, 0.15) is 13.2 Å². The quantitative estimate of drug-likeness (QED) is 0.0262. The van der Waals surface area contributed by atoms with Crippen molar-refractivity contribution in [1.82, 2.24) is 0 Å². The summed E-state index contributed by atoms with van der Waals surface area (Å²) in [6.07, 6.45) is 66.2. The van der Waals surface area contributed by atoms with Crippen molar-refractivity contribution in [2.75, 3.05) is 13.2 Å². The summed E-state index contributed by atoms with van der Waals surface area (Å²) in [7, 11) is 0. The average Bonchev–Trinajstić information content (AvgIpc) is 3.33. The van der Waals surface area contributed by atoms with Gasteiger partial charge in [0, 0.05) is 19.3 Å². The van der Waals surface area contributed by atoms with Crippen molar-refractivity contribution >= 4 is 17.9 Å². The van der Waals surface area contributed by atoms with Crippen molar-refractivity contribution in [2.24, 2.45) is 0 Å². The van der Waals surface area contributed by atoms with Crippen LogP contribution in [0.4, 0.5) is 0 Å². The summed E-state index contributed by atoms with van der Waals surface area (Å²) < 4.78 is 16.8. The van der Waals surface area contributed by atoms with E-state index in [1.165, 1.54) is 218 Å². The van der Waals surface area contributed by atoms with Crippen molar-refractivity contribution in [3.63, 3.8) is 0 Å². The van der Waals surface area contributed by atoms with Gasteiger partial charge in [-0.25, -0.2) is 0 Å². The van der Waals surface area contributed by atoms with Crippen LogP contribution in [0.3, 0.4) is 0 Å². The second-order valence-electron chi connectivity index (χ2n) is 20.3. The van der Waals surface area contributed by atoms with Crippen LogP contribution in [0.2, 0.25) is 0 Å². The monoisotopic (exact) mass is 943 g/mol. The lowest BCUT2D eigenvalue weighted by molar-refractivity contribution is -0.167. The molecule has 0 fully saturated rings. The number of allylic oxidation sites excluding steroid dienone is 4. The summed E-state index contributed by atoms with van der Waals surface area (Å²) in [5.74, 6) is -0.873. The van der Waals surface area contributed by atoms with Gasteiger partial charge in [-0.05, 0) is 64.2 Å². The van der Waals surface area contributed by atoms with Gasteiger partial charge in [-0.1, -0.05) is 270 Å². The van der Waals surface area contributed by atoms with E-state index < -0.39 is 6.10 Å². The summed E-state index contributed by atoms with van der Waals surface area (Å²) in [5, 5.41) is 0. The lowest BCUT2D eigenvalue weighted by atomic mass is 10.0. The molecule has 0 aliphatic carbocycles. The maximum absolute atomic E-state index is 12.8. The average molecular weight is 944 g/mol. The number of unbranched alkanes of at least 4 members (excludes halogenated alkanes) is 40. The third-order valence-corrected chi connectivity index (χ3v) is 13.4. The fraction of sp³-hybridized carbons (Fsp3) is 0.885. The summed E-state index contributed by atoms with van der Waals surface area (Å²) in [5.41, 5.74) is 0. The third kappa shape index (κ3) is 54.7. The highest BCUT2D eigenvalue weighted by Gasteiger charge is 2.19. The number of hydrogen-bond acceptors (Lipinski definition) is 6. The van der Waals surface area contributed by atoms with Gasteiger partial charge in [-0.3, -0.25) is 14.4 Å². The minimum atomic E-state index is -0.775. The van der Waals surface area contributed by atoms with Crippen LogP contribution < -0.4 is 0 Å². The molecule has 6 heteroatoms. The standard InChI is InChI=1S/C61H114O6/c1-4-7-10-13-16-19-22-24-26-27-28-29-30-31-32-33-34-35-37-39-42-45-48-51-54-60(63)66-57-58(56-65-59(62)53-50-47-44-41-38-21-18-15-12-9-6-3)67-61(64)55-52-49-46-43-40-36-25-23-20-17-14-11-8-5-2/h15,18,23,25,58H,4-14,16-17,19-22,24,26-57H2,1-3H3/b18-15-,25-23-. The molecule has 0 heterocycles. The molecule has 6 nitrogen and oxygen atoms in total. The van der Waals surface area contributed by atoms with Crippen molar-refractivity contribution < 1.29 is 28.6 Å². The lowest BCUT2D eigenvalue weighted by Crippen LogP contribution is -2.30. The van der Waals surface area contributed by atoms with E-state index in [0.717, 1.165) is 70.6 Å². The Morgan fingerprint density at radius 2 is 0.507 bits per heavy atom. The van der Waals surface area contributed by atoms with Crippen LogP contribution in [0.5, 0.6) is 0 Å². The second kappa shape index (κ2) is 56.5. The highest BCUT2D eigenvalue weighted by atomic mass is 16.6. The molecule has 0 spiro atoms. The molecule has 0 bridgehead atoms. The zero-order chi connectivity index (χ0) is 48.6. The molecular formula is C61H114O6. The molecule has 0 saturated carbocycles. The van der Waals surface area contributed by atoms with Crippen LogP contribution in [0, 0.1) is 0 Å². The molecule has 0 aromatic carbocycles. The zero-order valence-electron chi connectivity index (χ0n) is 45.2. The van der Waals surface area contributed by atoms with Gasteiger partial charge in [-0.2, -0.15) is 0 Å². The van der Waals surface area contributed by atoms with Crippen LogP contribution in [-0.2, 0) is 28.6 Å². The molecule has 0 saturated heterocycles.